The van der Waals surface area contributed by atoms with Gasteiger partial charge in [-0.15, -0.1) is 6.58 Å². The van der Waals surface area contributed by atoms with E-state index in [2.05, 4.69) is 133 Å². The number of allylic oxidation sites excluding steroid dienone is 2. The number of H-pyrrole nitrogens is 2. The van der Waals surface area contributed by atoms with E-state index < -0.39 is 0 Å². The van der Waals surface area contributed by atoms with E-state index >= 15 is 0 Å². The van der Waals surface area contributed by atoms with Crippen LogP contribution in [0, 0.1) is 29.6 Å². The summed E-state index contributed by atoms with van der Waals surface area (Å²) >= 11 is 0. The average Bonchev–Trinajstić information content (AvgIpc) is 3.78. The maximum atomic E-state index is 5.50. The minimum Gasteiger partial charge on any atom is -0.361 e. The third kappa shape index (κ3) is 9.08. The first-order valence-corrected chi connectivity index (χ1v) is 19.4. The average molecular weight is 669 g/mol. The number of benzene rings is 3. The highest BCUT2D eigenvalue weighted by atomic mass is 15.2. The van der Waals surface area contributed by atoms with Crippen molar-refractivity contribution in [2.45, 2.75) is 77.7 Å². The van der Waals surface area contributed by atoms with Crippen LogP contribution in [0.5, 0.6) is 0 Å². The molecule has 3 heterocycles. The molecule has 2 bridgehead atoms. The summed E-state index contributed by atoms with van der Waals surface area (Å²) in [5.41, 5.74) is 12.1. The van der Waals surface area contributed by atoms with Crippen LogP contribution in [0.2, 0.25) is 0 Å². The van der Waals surface area contributed by atoms with Gasteiger partial charge in [-0.2, -0.15) is 0 Å². The quantitative estimate of drug-likeness (QED) is 0.130. The fourth-order valence-corrected chi connectivity index (χ4v) is 8.91. The number of nitrogens with one attached hydrogen (secondary N) is 2. The normalized spacial score (nSPS) is 24.4. The topological polar surface area (TPSA) is 60.8 Å². The molecule has 4 aliphatic rings. The van der Waals surface area contributed by atoms with Crippen molar-refractivity contribution in [3.63, 3.8) is 0 Å². The number of hydrogen-bond acceptors (Lipinski definition) is 2. The van der Waals surface area contributed by atoms with Crippen molar-refractivity contribution < 1.29 is 0 Å². The van der Waals surface area contributed by atoms with E-state index in [1.54, 1.807) is 0 Å². The van der Waals surface area contributed by atoms with Gasteiger partial charge < -0.3 is 15.7 Å². The van der Waals surface area contributed by atoms with Crippen LogP contribution in [0.15, 0.2) is 116 Å². The van der Waals surface area contributed by atoms with Crippen molar-refractivity contribution in [1.29, 1.82) is 0 Å². The van der Waals surface area contributed by atoms with Crippen molar-refractivity contribution in [3.05, 3.63) is 133 Å². The van der Waals surface area contributed by atoms with Crippen LogP contribution >= 0.6 is 0 Å². The van der Waals surface area contributed by atoms with Gasteiger partial charge in [-0.3, -0.25) is 4.90 Å². The van der Waals surface area contributed by atoms with E-state index in [1.807, 2.05) is 12.3 Å². The SMILES string of the molecule is C=CC1CC(Cc2ccccc2)C(C)N(CCc2c[nH]c3ccccc23)C1.CCCC1CC2C=CC1CC2.NCCc1c[nH]c2ccccc12. The van der Waals surface area contributed by atoms with Crippen molar-refractivity contribution in [3.8, 4) is 0 Å². The van der Waals surface area contributed by atoms with E-state index in [9.17, 15) is 0 Å². The summed E-state index contributed by atoms with van der Waals surface area (Å²) in [4.78, 5) is 9.32. The van der Waals surface area contributed by atoms with Gasteiger partial charge in [0.1, 0.15) is 0 Å². The summed E-state index contributed by atoms with van der Waals surface area (Å²) in [5.74, 6) is 4.24. The molecule has 6 unspecified atom stereocenters. The molecule has 4 N–H and O–H groups in total. The monoisotopic (exact) mass is 668 g/mol. The lowest BCUT2D eigenvalue weighted by atomic mass is 9.68. The highest BCUT2D eigenvalue weighted by Crippen LogP contribution is 2.42. The van der Waals surface area contributed by atoms with E-state index in [0.29, 0.717) is 24.4 Å². The number of aromatic amines is 2. The zero-order valence-corrected chi connectivity index (χ0v) is 30.6. The van der Waals surface area contributed by atoms with Crippen LogP contribution in [-0.2, 0) is 19.3 Å². The zero-order chi connectivity index (χ0) is 34.7. The Morgan fingerprint density at radius 1 is 0.800 bits per heavy atom. The molecule has 0 amide bonds. The number of fused-ring (bicyclic) bond motifs is 4. The number of piperidine rings is 1. The predicted octanol–water partition coefficient (Wildman–Crippen LogP) is 10.5. The first kappa shape index (κ1) is 35.9. The van der Waals surface area contributed by atoms with Crippen molar-refractivity contribution in [2.75, 3.05) is 19.6 Å². The molecule has 4 nitrogen and oxygen atoms in total. The van der Waals surface area contributed by atoms with Crippen LogP contribution in [0.4, 0.5) is 0 Å². The maximum absolute atomic E-state index is 5.50. The molecule has 3 aromatic carbocycles. The first-order valence-electron chi connectivity index (χ1n) is 19.4. The minimum atomic E-state index is 0.595. The molecule has 3 aliphatic carbocycles. The first-order chi connectivity index (χ1) is 24.6. The standard InChI is InChI=1S/C25H30N2.C11H18.C10H12N2/c1-3-20-15-23(16-21-9-5-4-6-10-21)19(2)27(18-20)14-13-22-17-26-25-12-8-7-11-24(22)25;1-2-3-11-8-9-4-6-10(11)7-5-9;11-6-5-8-7-12-10-4-2-1-3-9(8)10/h3-12,17,19-20,23,26H,1,13-16,18H2,2H3;4,6,9-11H,2-3,5,7-8H2,1H3;1-4,7,12H,5-6,11H2. The highest BCUT2D eigenvalue weighted by molar-refractivity contribution is 5.83. The molecule has 0 spiro atoms. The number of para-hydroxylation sites is 2. The summed E-state index contributed by atoms with van der Waals surface area (Å²) in [5, 5.41) is 2.66. The second kappa shape index (κ2) is 17.9. The molecule has 6 atom stereocenters. The molecule has 50 heavy (non-hydrogen) atoms. The minimum absolute atomic E-state index is 0.595. The number of nitrogens with zero attached hydrogens (tertiary/aromatic N) is 1. The Hall–Kier alpha value is -3.86. The Labute approximate surface area is 301 Å². The summed E-state index contributed by atoms with van der Waals surface area (Å²) in [6.45, 7) is 11.8. The lowest BCUT2D eigenvalue weighted by Crippen LogP contribution is -2.48. The lowest BCUT2D eigenvalue weighted by molar-refractivity contribution is 0.0817. The van der Waals surface area contributed by atoms with E-state index in [1.165, 1.54) is 77.0 Å². The maximum Gasteiger partial charge on any atom is 0.0456 e. The van der Waals surface area contributed by atoms with Crippen molar-refractivity contribution in [1.82, 2.24) is 14.9 Å². The Bertz CT molecular complexity index is 1780. The van der Waals surface area contributed by atoms with Crippen molar-refractivity contribution >= 4 is 21.8 Å². The van der Waals surface area contributed by atoms with Crippen LogP contribution in [0.3, 0.4) is 0 Å². The van der Waals surface area contributed by atoms with Gasteiger partial charge in [0.2, 0.25) is 0 Å². The molecule has 1 saturated heterocycles. The number of aromatic nitrogens is 2. The molecule has 5 aromatic rings. The molecule has 1 saturated carbocycles. The fraction of sp³-hybridized carbons (Fsp3) is 0.435. The fourth-order valence-electron chi connectivity index (χ4n) is 8.91. The second-order valence-electron chi connectivity index (χ2n) is 15.1. The van der Waals surface area contributed by atoms with E-state index in [0.717, 1.165) is 50.1 Å². The summed E-state index contributed by atoms with van der Waals surface area (Å²) < 4.78 is 0. The van der Waals surface area contributed by atoms with Crippen LogP contribution < -0.4 is 5.73 Å². The molecule has 2 fully saturated rings. The molecule has 0 radical (unpaired) electrons. The van der Waals surface area contributed by atoms with Gasteiger partial charge in [-0.05, 0) is 117 Å². The number of likely N-dealkylation sites (tertiary alicyclic amines) is 1. The van der Waals surface area contributed by atoms with Crippen molar-refractivity contribution in [2.24, 2.45) is 35.3 Å². The Kier molecular flexibility index (Phi) is 12.9. The van der Waals surface area contributed by atoms with Crippen LogP contribution in [0.1, 0.15) is 69.1 Å². The van der Waals surface area contributed by atoms with Gasteiger partial charge in [0.15, 0.2) is 0 Å². The Balaban J connectivity index is 0.000000154. The van der Waals surface area contributed by atoms with Gasteiger partial charge in [-0.1, -0.05) is 105 Å². The summed E-state index contributed by atoms with van der Waals surface area (Å²) in [7, 11) is 0. The Morgan fingerprint density at radius 3 is 2.04 bits per heavy atom. The van der Waals surface area contributed by atoms with Crippen LogP contribution in [0.25, 0.3) is 21.8 Å². The largest absolute Gasteiger partial charge is 0.361 e. The van der Waals surface area contributed by atoms with Gasteiger partial charge in [-0.25, -0.2) is 0 Å². The third-order valence-corrected chi connectivity index (χ3v) is 11.8. The molecular formula is C46H60N4. The molecule has 264 valence electrons. The summed E-state index contributed by atoms with van der Waals surface area (Å²) in [6, 6.07) is 28.4. The lowest BCUT2D eigenvalue weighted by Gasteiger charge is -2.43. The smallest absolute Gasteiger partial charge is 0.0456 e. The van der Waals surface area contributed by atoms with Crippen LogP contribution in [-0.4, -0.2) is 40.5 Å². The zero-order valence-electron chi connectivity index (χ0n) is 30.6. The van der Waals surface area contributed by atoms with Gasteiger partial charge in [0.05, 0.1) is 0 Å². The molecule has 4 heteroatoms. The molecule has 2 aromatic heterocycles. The summed E-state index contributed by atoms with van der Waals surface area (Å²) in [6.07, 6.45) is 23.1. The molecular weight excluding hydrogens is 609 g/mol. The number of rotatable bonds is 10. The second-order valence-corrected chi connectivity index (χ2v) is 15.1. The predicted molar refractivity (Wildman–Crippen MR) is 214 cm³/mol. The van der Waals surface area contributed by atoms with Gasteiger partial charge in [0, 0.05) is 53.3 Å². The van der Waals surface area contributed by atoms with Gasteiger partial charge >= 0.3 is 0 Å². The Morgan fingerprint density at radius 2 is 1.46 bits per heavy atom. The highest BCUT2D eigenvalue weighted by Gasteiger charge is 2.32. The van der Waals surface area contributed by atoms with E-state index in [-0.39, 0.29) is 0 Å². The third-order valence-electron chi connectivity index (χ3n) is 11.8. The molecule has 1 aliphatic heterocycles. The molecule has 9 rings (SSSR count). The van der Waals surface area contributed by atoms with Gasteiger partial charge in [0.25, 0.3) is 0 Å². The van der Waals surface area contributed by atoms with E-state index in [4.69, 9.17) is 5.73 Å². The number of hydrogen-bond donors (Lipinski definition) is 3. The number of nitrogens with two attached hydrogens (primary N) is 1.